The molecule has 1 aromatic rings. The van der Waals surface area contributed by atoms with Crippen LogP contribution in [0, 0.1) is 11.7 Å². The Balaban J connectivity index is 1.66. The molecule has 0 aromatic heterocycles. The fraction of sp³-hybridized carbons (Fsp3) is 0.667. The summed E-state index contributed by atoms with van der Waals surface area (Å²) < 4.78 is 51.6. The minimum absolute atomic E-state index is 0.113. The molecule has 3 rings (SSSR count). The molecule has 0 bridgehead atoms. The number of ether oxygens (including phenoxy) is 2. The molecule has 6 nitrogen and oxygen atoms in total. The molecule has 0 atom stereocenters. The van der Waals surface area contributed by atoms with Crippen molar-refractivity contribution in [1.82, 2.24) is 9.62 Å². The van der Waals surface area contributed by atoms with Gasteiger partial charge in [0, 0.05) is 26.2 Å². The molecule has 1 heterocycles. The van der Waals surface area contributed by atoms with E-state index in [2.05, 4.69) is 5.32 Å². The van der Waals surface area contributed by atoms with Crippen LogP contribution in [-0.2, 0) is 14.8 Å². The van der Waals surface area contributed by atoms with Crippen LogP contribution in [0.1, 0.15) is 25.7 Å². The standard InChI is InChI=1S/C18H27FN2O4S/c1-24-10-11-25-17-5-4-15(19)12-18(17)26(22,23)21-8-6-16(7-9-21)20-13-14-2-3-14/h4-5,12,14,16,20H,2-3,6-11,13H2,1H3. The van der Waals surface area contributed by atoms with E-state index in [0.717, 1.165) is 31.4 Å². The van der Waals surface area contributed by atoms with Crippen molar-refractivity contribution in [2.75, 3.05) is 40.0 Å². The van der Waals surface area contributed by atoms with Crippen LogP contribution >= 0.6 is 0 Å². The molecule has 1 saturated carbocycles. The second kappa shape index (κ2) is 8.65. The van der Waals surface area contributed by atoms with Gasteiger partial charge >= 0.3 is 0 Å². The van der Waals surface area contributed by atoms with Gasteiger partial charge in [0.1, 0.15) is 23.1 Å². The van der Waals surface area contributed by atoms with Crippen LogP contribution in [0.4, 0.5) is 4.39 Å². The maximum absolute atomic E-state index is 13.7. The summed E-state index contributed by atoms with van der Waals surface area (Å²) >= 11 is 0. The minimum atomic E-state index is -3.79. The molecule has 2 aliphatic rings. The Labute approximate surface area is 154 Å². The SMILES string of the molecule is COCCOc1ccc(F)cc1S(=O)(=O)N1CCC(NCC2CC2)CC1. The number of halogens is 1. The Morgan fingerprint density at radius 1 is 1.19 bits per heavy atom. The molecule has 146 valence electrons. The maximum atomic E-state index is 13.7. The van der Waals surface area contributed by atoms with Gasteiger partial charge in [-0.2, -0.15) is 4.31 Å². The lowest BCUT2D eigenvalue weighted by atomic mass is 10.1. The molecule has 26 heavy (non-hydrogen) atoms. The van der Waals surface area contributed by atoms with Gasteiger partial charge < -0.3 is 14.8 Å². The fourth-order valence-electron chi connectivity index (χ4n) is 3.13. The van der Waals surface area contributed by atoms with Gasteiger partial charge in [0.25, 0.3) is 0 Å². The van der Waals surface area contributed by atoms with E-state index >= 15 is 0 Å². The molecule has 0 amide bonds. The Bertz CT molecular complexity index is 701. The number of sulfonamides is 1. The Morgan fingerprint density at radius 2 is 1.92 bits per heavy atom. The molecule has 1 saturated heterocycles. The molecule has 1 aromatic carbocycles. The third-order valence-corrected chi connectivity index (χ3v) is 6.83. The second-order valence-corrected chi connectivity index (χ2v) is 8.87. The van der Waals surface area contributed by atoms with Crippen molar-refractivity contribution in [1.29, 1.82) is 0 Å². The van der Waals surface area contributed by atoms with Crippen molar-refractivity contribution in [2.45, 2.75) is 36.6 Å². The van der Waals surface area contributed by atoms with Crippen molar-refractivity contribution in [3.05, 3.63) is 24.0 Å². The Morgan fingerprint density at radius 3 is 2.58 bits per heavy atom. The molecule has 2 fully saturated rings. The van der Waals surface area contributed by atoms with Crippen LogP contribution in [-0.4, -0.2) is 58.7 Å². The summed E-state index contributed by atoms with van der Waals surface area (Å²) in [5.74, 6) is 0.372. The average molecular weight is 386 g/mol. The minimum Gasteiger partial charge on any atom is -0.490 e. The number of hydrogen-bond acceptors (Lipinski definition) is 5. The van der Waals surface area contributed by atoms with Gasteiger partial charge in [-0.3, -0.25) is 0 Å². The second-order valence-electron chi connectivity index (χ2n) is 6.96. The summed E-state index contributed by atoms with van der Waals surface area (Å²) in [7, 11) is -2.26. The number of nitrogens with zero attached hydrogens (tertiary/aromatic N) is 1. The molecule has 0 spiro atoms. The van der Waals surface area contributed by atoms with E-state index in [1.54, 1.807) is 0 Å². The summed E-state index contributed by atoms with van der Waals surface area (Å²) in [6, 6.07) is 3.96. The van der Waals surface area contributed by atoms with E-state index in [-0.39, 0.29) is 17.3 Å². The predicted molar refractivity (Wildman–Crippen MR) is 96.3 cm³/mol. The fourth-order valence-corrected chi connectivity index (χ4v) is 4.74. The number of methoxy groups -OCH3 is 1. The van der Waals surface area contributed by atoms with Crippen molar-refractivity contribution in [3.8, 4) is 5.75 Å². The predicted octanol–water partition coefficient (Wildman–Crippen LogP) is 2.00. The van der Waals surface area contributed by atoms with Crippen LogP contribution < -0.4 is 10.1 Å². The zero-order valence-corrected chi connectivity index (χ0v) is 15.9. The van der Waals surface area contributed by atoms with Gasteiger partial charge in [-0.15, -0.1) is 0 Å². The lowest BCUT2D eigenvalue weighted by Crippen LogP contribution is -2.45. The maximum Gasteiger partial charge on any atom is 0.246 e. The first-order chi connectivity index (χ1) is 12.5. The highest BCUT2D eigenvalue weighted by Gasteiger charge is 2.32. The number of rotatable bonds is 9. The van der Waals surface area contributed by atoms with E-state index in [1.165, 1.54) is 36.4 Å². The lowest BCUT2D eigenvalue weighted by molar-refractivity contribution is 0.144. The van der Waals surface area contributed by atoms with Crippen LogP contribution in [0.15, 0.2) is 23.1 Å². The normalized spacial score (nSPS) is 19.6. The molecule has 1 aliphatic carbocycles. The number of hydrogen-bond donors (Lipinski definition) is 1. The van der Waals surface area contributed by atoms with Crippen LogP contribution in [0.2, 0.25) is 0 Å². The summed E-state index contributed by atoms with van der Waals surface area (Å²) in [5, 5.41) is 3.53. The molecular weight excluding hydrogens is 359 g/mol. The van der Waals surface area contributed by atoms with Crippen LogP contribution in [0.3, 0.4) is 0 Å². The largest absolute Gasteiger partial charge is 0.490 e. The van der Waals surface area contributed by atoms with Gasteiger partial charge in [-0.05, 0) is 56.3 Å². The summed E-state index contributed by atoms with van der Waals surface area (Å²) in [6.07, 6.45) is 4.12. The summed E-state index contributed by atoms with van der Waals surface area (Å²) in [6.45, 7) is 2.42. The van der Waals surface area contributed by atoms with E-state index in [9.17, 15) is 12.8 Å². The lowest BCUT2D eigenvalue weighted by Gasteiger charge is -2.32. The van der Waals surface area contributed by atoms with E-state index in [1.807, 2.05) is 0 Å². The zero-order chi connectivity index (χ0) is 18.6. The van der Waals surface area contributed by atoms with Crippen molar-refractivity contribution in [3.63, 3.8) is 0 Å². The van der Waals surface area contributed by atoms with Crippen molar-refractivity contribution in [2.24, 2.45) is 5.92 Å². The molecule has 0 unspecified atom stereocenters. The Kier molecular flexibility index (Phi) is 6.50. The summed E-state index contributed by atoms with van der Waals surface area (Å²) in [5.41, 5.74) is 0. The molecule has 0 radical (unpaired) electrons. The van der Waals surface area contributed by atoms with Gasteiger partial charge in [0.2, 0.25) is 10.0 Å². The quantitative estimate of drug-likeness (QED) is 0.658. The molecule has 1 N–H and O–H groups in total. The van der Waals surface area contributed by atoms with E-state index < -0.39 is 15.8 Å². The third-order valence-electron chi connectivity index (χ3n) is 4.91. The Hall–Kier alpha value is -1.22. The monoisotopic (exact) mass is 386 g/mol. The van der Waals surface area contributed by atoms with Crippen LogP contribution in [0.5, 0.6) is 5.75 Å². The van der Waals surface area contributed by atoms with Gasteiger partial charge in [0.05, 0.1) is 6.61 Å². The highest BCUT2D eigenvalue weighted by molar-refractivity contribution is 7.89. The van der Waals surface area contributed by atoms with E-state index in [0.29, 0.717) is 25.7 Å². The number of piperidine rings is 1. The van der Waals surface area contributed by atoms with Crippen molar-refractivity contribution < 1.29 is 22.3 Å². The smallest absolute Gasteiger partial charge is 0.246 e. The van der Waals surface area contributed by atoms with Crippen LogP contribution in [0.25, 0.3) is 0 Å². The summed E-state index contributed by atoms with van der Waals surface area (Å²) in [4.78, 5) is -0.113. The van der Waals surface area contributed by atoms with Gasteiger partial charge in [0.15, 0.2) is 0 Å². The number of benzene rings is 1. The third kappa shape index (κ3) is 4.94. The van der Waals surface area contributed by atoms with Crippen molar-refractivity contribution >= 4 is 10.0 Å². The molecule has 1 aliphatic heterocycles. The topological polar surface area (TPSA) is 67.9 Å². The molecule has 8 heteroatoms. The highest BCUT2D eigenvalue weighted by atomic mass is 32.2. The van der Waals surface area contributed by atoms with Gasteiger partial charge in [-0.1, -0.05) is 0 Å². The number of nitrogens with one attached hydrogen (secondary N) is 1. The first-order valence-corrected chi connectivity index (χ1v) is 10.6. The highest BCUT2D eigenvalue weighted by Crippen LogP contribution is 2.30. The average Bonchev–Trinajstić information content (AvgIpc) is 3.46. The zero-order valence-electron chi connectivity index (χ0n) is 15.1. The first kappa shape index (κ1) is 19.5. The molecular formula is C18H27FN2O4S. The van der Waals surface area contributed by atoms with Gasteiger partial charge in [-0.25, -0.2) is 12.8 Å². The first-order valence-electron chi connectivity index (χ1n) is 9.15. The van der Waals surface area contributed by atoms with E-state index in [4.69, 9.17) is 9.47 Å².